The molecule has 0 aromatic heterocycles. The number of nitrogens with two attached hydrogens (primary N) is 1. The number of amides is 2. The molecule has 21 heavy (non-hydrogen) atoms. The van der Waals surface area contributed by atoms with Crippen molar-refractivity contribution in [3.8, 4) is 5.75 Å². The number of carbonyl (C=O) groups excluding carboxylic acids is 1. The molecule has 0 saturated heterocycles. The molecule has 0 radical (unpaired) electrons. The largest absolute Gasteiger partial charge is 0.493 e. The second-order valence-corrected chi connectivity index (χ2v) is 4.96. The first-order valence-electron chi connectivity index (χ1n) is 6.86. The van der Waals surface area contributed by atoms with Crippen molar-refractivity contribution in [3.63, 3.8) is 0 Å². The van der Waals surface area contributed by atoms with E-state index in [2.05, 4.69) is 22.8 Å². The molecule has 0 aliphatic carbocycles. The highest BCUT2D eigenvalue weighted by molar-refractivity contribution is 5.87. The van der Waals surface area contributed by atoms with Crippen molar-refractivity contribution in [2.24, 2.45) is 5.73 Å². The molecule has 1 heterocycles. The summed E-state index contributed by atoms with van der Waals surface area (Å²) >= 11 is 0. The third-order valence-corrected chi connectivity index (χ3v) is 3.40. The fraction of sp³-hybridized carbons (Fsp3) is 0.188. The van der Waals surface area contributed by atoms with Gasteiger partial charge in [-0.2, -0.15) is 0 Å². The summed E-state index contributed by atoms with van der Waals surface area (Å²) < 4.78 is 5.50. The van der Waals surface area contributed by atoms with E-state index in [0.29, 0.717) is 5.69 Å². The van der Waals surface area contributed by atoms with Crippen molar-refractivity contribution in [1.82, 2.24) is 0 Å². The van der Waals surface area contributed by atoms with Crippen molar-refractivity contribution >= 4 is 17.4 Å². The highest BCUT2D eigenvalue weighted by atomic mass is 16.5. The van der Waals surface area contributed by atoms with Gasteiger partial charge in [0.25, 0.3) is 0 Å². The number of primary amides is 1. The summed E-state index contributed by atoms with van der Waals surface area (Å²) in [6.07, 6.45) is 0.983. The van der Waals surface area contributed by atoms with Gasteiger partial charge in [-0.3, -0.25) is 0 Å². The molecular weight excluding hydrogens is 266 g/mol. The number of anilines is 2. The first-order valence-corrected chi connectivity index (χ1v) is 6.86. The van der Waals surface area contributed by atoms with Crippen LogP contribution in [0.5, 0.6) is 5.75 Å². The van der Waals surface area contributed by atoms with Crippen LogP contribution in [0.3, 0.4) is 0 Å². The maximum Gasteiger partial charge on any atom is 0.316 e. The third-order valence-electron chi connectivity index (χ3n) is 3.40. The Morgan fingerprint density at radius 1 is 1.14 bits per heavy atom. The fourth-order valence-electron chi connectivity index (χ4n) is 2.37. The predicted molar refractivity (Wildman–Crippen MR) is 82.6 cm³/mol. The second-order valence-electron chi connectivity index (χ2n) is 4.96. The maximum atomic E-state index is 10.7. The van der Waals surface area contributed by atoms with Gasteiger partial charge in [0.15, 0.2) is 0 Å². The number of fused-ring (bicyclic) bond motifs is 1. The Bertz CT molecular complexity index is 653. The van der Waals surface area contributed by atoms with Gasteiger partial charge < -0.3 is 21.1 Å². The van der Waals surface area contributed by atoms with E-state index >= 15 is 0 Å². The van der Waals surface area contributed by atoms with Crippen molar-refractivity contribution in [2.45, 2.75) is 13.0 Å². The Kier molecular flexibility index (Phi) is 3.64. The minimum absolute atomic E-state index is 0.559. The lowest BCUT2D eigenvalue weighted by Crippen LogP contribution is -2.19. The first-order chi connectivity index (χ1) is 10.2. The van der Waals surface area contributed by atoms with Crippen LogP contribution in [-0.4, -0.2) is 12.6 Å². The van der Waals surface area contributed by atoms with Gasteiger partial charge in [0.05, 0.1) is 6.61 Å². The van der Waals surface area contributed by atoms with Gasteiger partial charge in [0, 0.05) is 24.3 Å². The molecule has 5 nitrogen and oxygen atoms in total. The molecule has 2 aromatic carbocycles. The van der Waals surface area contributed by atoms with Crippen LogP contribution < -0.4 is 21.1 Å². The fourth-order valence-corrected chi connectivity index (χ4v) is 2.37. The molecule has 0 bridgehead atoms. The first kappa shape index (κ1) is 13.3. The molecule has 5 heteroatoms. The normalized spacial score (nSPS) is 12.4. The van der Waals surface area contributed by atoms with Gasteiger partial charge in [-0.25, -0.2) is 4.79 Å². The van der Waals surface area contributed by atoms with E-state index in [1.807, 2.05) is 30.3 Å². The lowest BCUT2D eigenvalue weighted by atomic mass is 10.1. The van der Waals surface area contributed by atoms with Crippen molar-refractivity contribution < 1.29 is 9.53 Å². The van der Waals surface area contributed by atoms with E-state index in [0.717, 1.165) is 31.0 Å². The van der Waals surface area contributed by atoms with Gasteiger partial charge in [0.2, 0.25) is 0 Å². The second kappa shape index (κ2) is 5.75. The zero-order valence-electron chi connectivity index (χ0n) is 11.6. The van der Waals surface area contributed by atoms with Crippen LogP contribution >= 0.6 is 0 Å². The van der Waals surface area contributed by atoms with Crippen LogP contribution in [0.15, 0.2) is 42.5 Å². The van der Waals surface area contributed by atoms with Crippen LogP contribution in [0.4, 0.5) is 16.2 Å². The molecule has 1 aliphatic rings. The number of hydrogen-bond donors (Lipinski definition) is 3. The Balaban J connectivity index is 1.61. The monoisotopic (exact) mass is 283 g/mol. The Morgan fingerprint density at radius 2 is 1.90 bits per heavy atom. The average molecular weight is 283 g/mol. The summed E-state index contributed by atoms with van der Waals surface area (Å²) in [5.74, 6) is 1.00. The minimum Gasteiger partial charge on any atom is -0.493 e. The lowest BCUT2D eigenvalue weighted by Gasteiger charge is -2.09. The zero-order valence-corrected chi connectivity index (χ0v) is 11.6. The molecule has 108 valence electrons. The van der Waals surface area contributed by atoms with Crippen LogP contribution in [0.1, 0.15) is 11.1 Å². The van der Waals surface area contributed by atoms with Crippen LogP contribution in [0.25, 0.3) is 0 Å². The van der Waals surface area contributed by atoms with E-state index in [1.54, 1.807) is 0 Å². The Labute approximate surface area is 123 Å². The number of hydrogen-bond acceptors (Lipinski definition) is 3. The zero-order chi connectivity index (χ0) is 14.7. The third kappa shape index (κ3) is 3.25. The highest BCUT2D eigenvalue weighted by Crippen LogP contribution is 2.26. The topological polar surface area (TPSA) is 76.4 Å². The SMILES string of the molecule is NC(=O)Nc1ccc(NCc2ccc3c(c2)CCO3)cc1. The molecule has 3 rings (SSSR count). The molecule has 0 saturated carbocycles. The van der Waals surface area contributed by atoms with Gasteiger partial charge in [-0.15, -0.1) is 0 Å². The van der Waals surface area contributed by atoms with E-state index in [-0.39, 0.29) is 0 Å². The molecule has 1 aliphatic heterocycles. The molecule has 0 spiro atoms. The van der Waals surface area contributed by atoms with Gasteiger partial charge in [-0.05, 0) is 41.5 Å². The summed E-state index contributed by atoms with van der Waals surface area (Å²) in [5.41, 5.74) is 9.23. The number of ether oxygens (including phenoxy) is 1. The van der Waals surface area contributed by atoms with Crippen LogP contribution in [0.2, 0.25) is 0 Å². The quantitative estimate of drug-likeness (QED) is 0.807. The number of urea groups is 1. The van der Waals surface area contributed by atoms with Crippen molar-refractivity contribution in [3.05, 3.63) is 53.6 Å². The Morgan fingerprint density at radius 3 is 2.67 bits per heavy atom. The molecular formula is C16H17N3O2. The smallest absolute Gasteiger partial charge is 0.316 e. The van der Waals surface area contributed by atoms with Gasteiger partial charge in [0.1, 0.15) is 5.75 Å². The predicted octanol–water partition coefficient (Wildman–Crippen LogP) is 2.72. The van der Waals surface area contributed by atoms with E-state index < -0.39 is 6.03 Å². The minimum atomic E-state index is -0.559. The summed E-state index contributed by atoms with van der Waals surface area (Å²) in [4.78, 5) is 10.7. The maximum absolute atomic E-state index is 10.7. The molecule has 2 aromatic rings. The molecule has 4 N–H and O–H groups in total. The van der Waals surface area contributed by atoms with Crippen LogP contribution in [-0.2, 0) is 13.0 Å². The highest BCUT2D eigenvalue weighted by Gasteiger charge is 2.11. The lowest BCUT2D eigenvalue weighted by molar-refractivity contribution is 0.259. The molecule has 0 atom stereocenters. The van der Waals surface area contributed by atoms with E-state index in [4.69, 9.17) is 10.5 Å². The number of carbonyl (C=O) groups is 1. The summed E-state index contributed by atoms with van der Waals surface area (Å²) in [5, 5.41) is 5.88. The molecule has 0 unspecified atom stereocenters. The molecule has 2 amide bonds. The summed E-state index contributed by atoms with van der Waals surface area (Å²) in [6, 6.07) is 13.1. The van der Waals surface area contributed by atoms with Gasteiger partial charge >= 0.3 is 6.03 Å². The van der Waals surface area contributed by atoms with E-state index in [9.17, 15) is 4.79 Å². The number of nitrogens with one attached hydrogen (secondary N) is 2. The summed E-state index contributed by atoms with van der Waals surface area (Å²) in [7, 11) is 0. The standard InChI is InChI=1S/C16H17N3O2/c17-16(20)19-14-4-2-13(3-5-14)18-10-11-1-6-15-12(9-11)7-8-21-15/h1-6,9,18H,7-8,10H2,(H3,17,19,20). The van der Waals surface area contributed by atoms with E-state index in [1.165, 1.54) is 11.1 Å². The van der Waals surface area contributed by atoms with Gasteiger partial charge in [-0.1, -0.05) is 12.1 Å². The molecule has 0 fully saturated rings. The Hall–Kier alpha value is -2.69. The number of rotatable bonds is 4. The average Bonchev–Trinajstić information content (AvgIpc) is 2.93. The van der Waals surface area contributed by atoms with Crippen molar-refractivity contribution in [2.75, 3.05) is 17.2 Å². The van der Waals surface area contributed by atoms with Crippen molar-refractivity contribution in [1.29, 1.82) is 0 Å². The number of benzene rings is 2. The van der Waals surface area contributed by atoms with Crippen LogP contribution in [0, 0.1) is 0 Å². The summed E-state index contributed by atoms with van der Waals surface area (Å²) in [6.45, 7) is 1.52.